The number of hydrogen-bond acceptors (Lipinski definition) is 1. The van der Waals surface area contributed by atoms with Gasteiger partial charge in [-0.1, -0.05) is 42.4 Å². The molecule has 1 saturated carbocycles. The van der Waals surface area contributed by atoms with E-state index in [0.29, 0.717) is 0 Å². The maximum absolute atomic E-state index is 5.88. The van der Waals surface area contributed by atoms with Gasteiger partial charge in [0, 0.05) is 11.0 Å². The van der Waals surface area contributed by atoms with Crippen molar-refractivity contribution in [2.24, 2.45) is 5.92 Å². The second-order valence-corrected chi connectivity index (χ2v) is 4.71. The van der Waals surface area contributed by atoms with Gasteiger partial charge in [0.15, 0.2) is 0 Å². The molecular weight excluding hydrogens is 263 g/mol. The predicted molar refractivity (Wildman–Crippen MR) is 60.9 cm³/mol. The standard InChI is InChI=1S/C10H19IO/c1-3-12-10(8-11)6-4-5-9(2)7-10/h9H,3-8H2,1-2H3. The van der Waals surface area contributed by atoms with Crippen molar-refractivity contribution in [2.45, 2.75) is 45.1 Å². The number of hydrogen-bond donors (Lipinski definition) is 0. The summed E-state index contributed by atoms with van der Waals surface area (Å²) in [6, 6.07) is 0. The quantitative estimate of drug-likeness (QED) is 0.569. The van der Waals surface area contributed by atoms with Gasteiger partial charge in [-0.05, 0) is 25.7 Å². The second-order valence-electron chi connectivity index (χ2n) is 3.95. The summed E-state index contributed by atoms with van der Waals surface area (Å²) in [5.41, 5.74) is 0.229. The average molecular weight is 282 g/mol. The van der Waals surface area contributed by atoms with Crippen LogP contribution in [0.3, 0.4) is 0 Å². The van der Waals surface area contributed by atoms with Crippen LogP contribution in [0, 0.1) is 5.92 Å². The van der Waals surface area contributed by atoms with Gasteiger partial charge in [0.05, 0.1) is 5.60 Å². The normalized spacial score (nSPS) is 36.8. The Morgan fingerprint density at radius 2 is 2.33 bits per heavy atom. The van der Waals surface area contributed by atoms with Crippen LogP contribution in [0.5, 0.6) is 0 Å². The molecule has 0 radical (unpaired) electrons. The van der Waals surface area contributed by atoms with Gasteiger partial charge in [-0.15, -0.1) is 0 Å². The fraction of sp³-hybridized carbons (Fsp3) is 1.00. The smallest absolute Gasteiger partial charge is 0.0773 e. The molecule has 2 heteroatoms. The average Bonchev–Trinajstić information content (AvgIpc) is 2.05. The van der Waals surface area contributed by atoms with Gasteiger partial charge in [-0.2, -0.15) is 0 Å². The van der Waals surface area contributed by atoms with Gasteiger partial charge in [0.25, 0.3) is 0 Å². The van der Waals surface area contributed by atoms with E-state index in [0.717, 1.165) is 17.0 Å². The molecule has 0 aliphatic heterocycles. The molecule has 1 aliphatic rings. The van der Waals surface area contributed by atoms with Crippen molar-refractivity contribution in [1.29, 1.82) is 0 Å². The van der Waals surface area contributed by atoms with E-state index in [-0.39, 0.29) is 5.60 Å². The van der Waals surface area contributed by atoms with Crippen LogP contribution >= 0.6 is 22.6 Å². The highest BCUT2D eigenvalue weighted by Gasteiger charge is 2.34. The highest BCUT2D eigenvalue weighted by Crippen LogP contribution is 2.36. The van der Waals surface area contributed by atoms with Crippen molar-refractivity contribution in [3.63, 3.8) is 0 Å². The summed E-state index contributed by atoms with van der Waals surface area (Å²) in [5.74, 6) is 0.861. The zero-order chi connectivity index (χ0) is 9.03. The Morgan fingerprint density at radius 3 is 2.83 bits per heavy atom. The Bertz CT molecular complexity index is 134. The fourth-order valence-electron chi connectivity index (χ4n) is 2.21. The largest absolute Gasteiger partial charge is 0.374 e. The van der Waals surface area contributed by atoms with Crippen LogP contribution in [0.1, 0.15) is 39.5 Å². The minimum absolute atomic E-state index is 0.229. The molecule has 0 aromatic rings. The highest BCUT2D eigenvalue weighted by molar-refractivity contribution is 14.1. The van der Waals surface area contributed by atoms with Crippen LogP contribution in [-0.2, 0) is 4.74 Å². The third-order valence-corrected chi connectivity index (χ3v) is 4.13. The van der Waals surface area contributed by atoms with Crippen molar-refractivity contribution in [1.82, 2.24) is 0 Å². The van der Waals surface area contributed by atoms with E-state index in [9.17, 15) is 0 Å². The molecule has 0 amide bonds. The van der Waals surface area contributed by atoms with Crippen molar-refractivity contribution in [3.8, 4) is 0 Å². The SMILES string of the molecule is CCOC1(CI)CCCC(C)C1. The molecule has 0 N–H and O–H groups in total. The third-order valence-electron chi connectivity index (χ3n) is 2.74. The van der Waals surface area contributed by atoms with E-state index >= 15 is 0 Å². The van der Waals surface area contributed by atoms with Crippen LogP contribution < -0.4 is 0 Å². The lowest BCUT2D eigenvalue weighted by molar-refractivity contribution is -0.0558. The lowest BCUT2D eigenvalue weighted by atomic mass is 9.80. The number of halogens is 1. The summed E-state index contributed by atoms with van der Waals surface area (Å²) >= 11 is 2.47. The molecule has 1 nitrogen and oxygen atoms in total. The van der Waals surface area contributed by atoms with Crippen molar-refractivity contribution < 1.29 is 4.74 Å². The molecule has 0 aromatic heterocycles. The number of alkyl halides is 1. The first-order valence-corrected chi connectivity index (χ1v) is 6.45. The first kappa shape index (κ1) is 10.8. The molecule has 1 aliphatic carbocycles. The Kier molecular flexibility index (Phi) is 4.30. The molecule has 0 saturated heterocycles. The maximum atomic E-state index is 5.88. The molecule has 0 heterocycles. The zero-order valence-corrected chi connectivity index (χ0v) is 10.3. The summed E-state index contributed by atoms with van der Waals surface area (Å²) in [7, 11) is 0. The van der Waals surface area contributed by atoms with Crippen LogP contribution in [-0.4, -0.2) is 16.6 Å². The predicted octanol–water partition coefficient (Wildman–Crippen LogP) is 3.41. The van der Waals surface area contributed by atoms with Crippen LogP contribution in [0.15, 0.2) is 0 Å². The molecule has 0 spiro atoms. The van der Waals surface area contributed by atoms with E-state index in [1.165, 1.54) is 25.7 Å². The molecule has 12 heavy (non-hydrogen) atoms. The molecule has 0 bridgehead atoms. The van der Waals surface area contributed by atoms with Crippen LogP contribution in [0.4, 0.5) is 0 Å². The number of rotatable bonds is 3. The van der Waals surface area contributed by atoms with Crippen molar-refractivity contribution in [2.75, 3.05) is 11.0 Å². The molecular formula is C10H19IO. The lowest BCUT2D eigenvalue weighted by Crippen LogP contribution is -2.39. The Hall–Kier alpha value is 0.690. The highest BCUT2D eigenvalue weighted by atomic mass is 127. The van der Waals surface area contributed by atoms with Crippen LogP contribution in [0.2, 0.25) is 0 Å². The molecule has 1 rings (SSSR count). The Morgan fingerprint density at radius 1 is 1.58 bits per heavy atom. The van der Waals surface area contributed by atoms with Gasteiger partial charge >= 0.3 is 0 Å². The summed E-state index contributed by atoms with van der Waals surface area (Å²) in [4.78, 5) is 0. The first-order chi connectivity index (χ1) is 5.72. The van der Waals surface area contributed by atoms with E-state index in [4.69, 9.17) is 4.74 Å². The summed E-state index contributed by atoms with van der Waals surface area (Å²) in [5, 5.41) is 0. The number of ether oxygens (including phenoxy) is 1. The molecule has 2 unspecified atom stereocenters. The minimum atomic E-state index is 0.229. The van der Waals surface area contributed by atoms with E-state index in [1.54, 1.807) is 0 Å². The van der Waals surface area contributed by atoms with E-state index < -0.39 is 0 Å². The Balaban J connectivity index is 2.51. The van der Waals surface area contributed by atoms with Crippen LogP contribution in [0.25, 0.3) is 0 Å². The Labute approximate surface area is 89.4 Å². The summed E-state index contributed by atoms with van der Waals surface area (Å²) in [6.07, 6.45) is 5.29. The van der Waals surface area contributed by atoms with Gasteiger partial charge < -0.3 is 4.74 Å². The van der Waals surface area contributed by atoms with Crippen molar-refractivity contribution in [3.05, 3.63) is 0 Å². The van der Waals surface area contributed by atoms with Gasteiger partial charge in [-0.3, -0.25) is 0 Å². The molecule has 72 valence electrons. The monoisotopic (exact) mass is 282 g/mol. The van der Waals surface area contributed by atoms with E-state index in [1.807, 2.05) is 0 Å². The third kappa shape index (κ3) is 2.59. The van der Waals surface area contributed by atoms with Gasteiger partial charge in [-0.25, -0.2) is 0 Å². The molecule has 1 fully saturated rings. The lowest BCUT2D eigenvalue weighted by Gasteiger charge is -2.38. The maximum Gasteiger partial charge on any atom is 0.0773 e. The zero-order valence-electron chi connectivity index (χ0n) is 8.11. The molecule has 2 atom stereocenters. The fourth-order valence-corrected chi connectivity index (χ4v) is 3.12. The summed E-state index contributed by atoms with van der Waals surface area (Å²) < 4.78 is 7.04. The minimum Gasteiger partial charge on any atom is -0.374 e. The first-order valence-electron chi connectivity index (χ1n) is 4.92. The second kappa shape index (κ2) is 4.80. The summed E-state index contributed by atoms with van der Waals surface area (Å²) in [6.45, 7) is 5.32. The topological polar surface area (TPSA) is 9.23 Å². The van der Waals surface area contributed by atoms with Crippen molar-refractivity contribution >= 4 is 22.6 Å². The van der Waals surface area contributed by atoms with Gasteiger partial charge in [0.1, 0.15) is 0 Å². The molecule has 0 aromatic carbocycles. The van der Waals surface area contributed by atoms with E-state index in [2.05, 4.69) is 36.4 Å². The van der Waals surface area contributed by atoms with Gasteiger partial charge in [0.2, 0.25) is 0 Å².